The van der Waals surface area contributed by atoms with E-state index in [0.29, 0.717) is 0 Å². The summed E-state index contributed by atoms with van der Waals surface area (Å²) in [6, 6.07) is 2.67. The van der Waals surface area contributed by atoms with E-state index in [-0.39, 0.29) is 10.6 Å². The van der Waals surface area contributed by atoms with Gasteiger partial charge in [0.25, 0.3) is 9.05 Å². The molecule has 13 heavy (non-hydrogen) atoms. The van der Waals surface area contributed by atoms with E-state index in [1.807, 2.05) is 0 Å². The third-order valence-corrected chi connectivity index (χ3v) is 3.23. The van der Waals surface area contributed by atoms with Crippen LogP contribution in [0, 0.1) is 12.7 Å². The Morgan fingerprint density at radius 1 is 1.38 bits per heavy atom. The summed E-state index contributed by atoms with van der Waals surface area (Å²) in [7, 11) is 0.941. The van der Waals surface area contributed by atoms with Gasteiger partial charge in [-0.3, -0.25) is 0 Å². The molecule has 1 aromatic carbocycles. The van der Waals surface area contributed by atoms with Gasteiger partial charge in [-0.15, -0.1) is 0 Å². The van der Waals surface area contributed by atoms with E-state index in [0.717, 1.165) is 0 Å². The summed E-state index contributed by atoms with van der Waals surface area (Å²) in [5.41, 5.74) is 0.233. The number of halogens is 3. The number of hydrogen-bond donors (Lipinski definition) is 0. The largest absolute Gasteiger partial charge is 0.264 e. The van der Waals surface area contributed by atoms with Crippen LogP contribution < -0.4 is 0 Å². The van der Waals surface area contributed by atoms with Crippen molar-refractivity contribution in [3.8, 4) is 0 Å². The van der Waals surface area contributed by atoms with Crippen molar-refractivity contribution in [2.45, 2.75) is 11.8 Å². The topological polar surface area (TPSA) is 34.1 Å². The third-order valence-electron chi connectivity index (χ3n) is 1.49. The summed E-state index contributed by atoms with van der Waals surface area (Å²) in [5.74, 6) is -1.00. The lowest BCUT2D eigenvalue weighted by Crippen LogP contribution is -1.99. The van der Waals surface area contributed by atoms with Gasteiger partial charge in [0.05, 0.1) is 5.02 Å². The highest BCUT2D eigenvalue weighted by molar-refractivity contribution is 8.13. The van der Waals surface area contributed by atoms with Crippen LogP contribution >= 0.6 is 22.3 Å². The lowest BCUT2D eigenvalue weighted by Gasteiger charge is -2.03. The molecule has 0 aromatic heterocycles. The fourth-order valence-electron chi connectivity index (χ4n) is 0.928. The Balaban J connectivity index is 3.62. The van der Waals surface area contributed by atoms with Crippen molar-refractivity contribution in [1.82, 2.24) is 0 Å². The van der Waals surface area contributed by atoms with Crippen LogP contribution in [0.2, 0.25) is 5.02 Å². The van der Waals surface area contributed by atoms with Gasteiger partial charge in [-0.25, -0.2) is 12.8 Å². The zero-order chi connectivity index (χ0) is 10.2. The van der Waals surface area contributed by atoms with Gasteiger partial charge in [0, 0.05) is 10.7 Å². The Labute approximate surface area is 84.7 Å². The standard InChI is InChI=1S/C7H5Cl2FO2S/c1-4-2-3-5(8)6(10)7(4)13(9,11)12/h2-3H,1H3. The number of aryl methyl sites for hydroxylation is 1. The first-order chi connectivity index (χ1) is 5.84. The summed E-state index contributed by atoms with van der Waals surface area (Å²) in [6.07, 6.45) is 0. The quantitative estimate of drug-likeness (QED) is 0.710. The fraction of sp³-hybridized carbons (Fsp3) is 0.143. The van der Waals surface area contributed by atoms with Crippen molar-refractivity contribution in [3.63, 3.8) is 0 Å². The van der Waals surface area contributed by atoms with Crippen LogP contribution in [0.15, 0.2) is 17.0 Å². The minimum atomic E-state index is -4.07. The van der Waals surface area contributed by atoms with E-state index in [9.17, 15) is 12.8 Å². The minimum Gasteiger partial charge on any atom is -0.207 e. The molecule has 2 nitrogen and oxygen atoms in total. The molecule has 0 spiro atoms. The van der Waals surface area contributed by atoms with E-state index in [2.05, 4.69) is 0 Å². The normalized spacial score (nSPS) is 11.7. The summed E-state index contributed by atoms with van der Waals surface area (Å²) >= 11 is 5.39. The Morgan fingerprint density at radius 2 is 1.92 bits per heavy atom. The Bertz CT molecular complexity index is 442. The molecular weight excluding hydrogens is 238 g/mol. The monoisotopic (exact) mass is 242 g/mol. The van der Waals surface area contributed by atoms with E-state index in [4.69, 9.17) is 22.3 Å². The summed E-state index contributed by atoms with van der Waals surface area (Å²) in [6.45, 7) is 1.44. The van der Waals surface area contributed by atoms with Gasteiger partial charge in [0.1, 0.15) is 4.90 Å². The van der Waals surface area contributed by atoms with Crippen LogP contribution in [-0.2, 0) is 9.05 Å². The average Bonchev–Trinajstić information content (AvgIpc) is 1.95. The van der Waals surface area contributed by atoms with Crippen LogP contribution in [0.1, 0.15) is 5.56 Å². The lowest BCUT2D eigenvalue weighted by atomic mass is 10.2. The molecule has 0 saturated carbocycles. The highest BCUT2D eigenvalue weighted by atomic mass is 35.7. The van der Waals surface area contributed by atoms with Crippen LogP contribution in [0.25, 0.3) is 0 Å². The summed E-state index contributed by atoms with van der Waals surface area (Å²) < 4.78 is 34.9. The number of benzene rings is 1. The fourth-order valence-corrected chi connectivity index (χ4v) is 2.49. The average molecular weight is 243 g/mol. The van der Waals surface area contributed by atoms with Crippen LogP contribution in [0.5, 0.6) is 0 Å². The molecule has 0 unspecified atom stereocenters. The molecule has 0 fully saturated rings. The lowest BCUT2D eigenvalue weighted by molar-refractivity contribution is 0.573. The molecule has 0 heterocycles. The van der Waals surface area contributed by atoms with Crippen molar-refractivity contribution in [1.29, 1.82) is 0 Å². The zero-order valence-electron chi connectivity index (χ0n) is 6.51. The van der Waals surface area contributed by atoms with E-state index in [1.54, 1.807) is 0 Å². The maximum atomic E-state index is 13.2. The molecule has 0 saturated heterocycles. The highest BCUT2D eigenvalue weighted by Gasteiger charge is 2.20. The predicted octanol–water partition coefficient (Wildman–Crippen LogP) is 2.72. The molecular formula is C7H5Cl2FO2S. The first-order valence-corrected chi connectivity index (χ1v) is 5.92. The van der Waals surface area contributed by atoms with Gasteiger partial charge in [-0.05, 0) is 18.6 Å². The molecule has 0 amide bonds. The Hall–Kier alpha value is -0.320. The summed E-state index contributed by atoms with van der Waals surface area (Å²) in [5, 5.41) is -0.259. The Kier molecular flexibility index (Phi) is 2.85. The van der Waals surface area contributed by atoms with Gasteiger partial charge in [0.2, 0.25) is 0 Å². The molecule has 0 bridgehead atoms. The molecule has 0 radical (unpaired) electrons. The second kappa shape index (κ2) is 3.44. The molecule has 0 atom stereocenters. The van der Waals surface area contributed by atoms with Gasteiger partial charge in [0.15, 0.2) is 5.82 Å². The first kappa shape index (κ1) is 10.8. The molecule has 0 aliphatic carbocycles. The molecule has 72 valence electrons. The van der Waals surface area contributed by atoms with Gasteiger partial charge in [-0.1, -0.05) is 17.7 Å². The van der Waals surface area contributed by atoms with Crippen LogP contribution in [0.4, 0.5) is 4.39 Å². The summed E-state index contributed by atoms with van der Waals surface area (Å²) in [4.78, 5) is -0.554. The predicted molar refractivity (Wildman–Crippen MR) is 49.2 cm³/mol. The molecule has 0 aliphatic heterocycles. The van der Waals surface area contributed by atoms with Gasteiger partial charge in [-0.2, -0.15) is 0 Å². The van der Waals surface area contributed by atoms with Crippen LogP contribution in [-0.4, -0.2) is 8.42 Å². The van der Waals surface area contributed by atoms with Crippen LogP contribution in [0.3, 0.4) is 0 Å². The molecule has 0 aliphatic rings. The van der Waals surface area contributed by atoms with Crippen molar-refractivity contribution in [2.75, 3.05) is 0 Å². The Morgan fingerprint density at radius 3 is 2.31 bits per heavy atom. The first-order valence-electron chi connectivity index (χ1n) is 3.23. The minimum absolute atomic E-state index is 0.233. The highest BCUT2D eigenvalue weighted by Crippen LogP contribution is 2.27. The van der Waals surface area contributed by atoms with Crippen molar-refractivity contribution < 1.29 is 12.8 Å². The molecule has 0 N–H and O–H groups in total. The SMILES string of the molecule is Cc1ccc(Cl)c(F)c1S(=O)(=O)Cl. The van der Waals surface area contributed by atoms with Crippen molar-refractivity contribution in [2.24, 2.45) is 0 Å². The van der Waals surface area contributed by atoms with E-state index >= 15 is 0 Å². The number of hydrogen-bond acceptors (Lipinski definition) is 2. The van der Waals surface area contributed by atoms with Gasteiger partial charge >= 0.3 is 0 Å². The second-order valence-corrected chi connectivity index (χ2v) is 5.36. The van der Waals surface area contributed by atoms with Crippen molar-refractivity contribution >= 4 is 31.3 Å². The molecule has 1 aromatic rings. The van der Waals surface area contributed by atoms with Gasteiger partial charge < -0.3 is 0 Å². The third kappa shape index (κ3) is 2.13. The van der Waals surface area contributed by atoms with Crippen molar-refractivity contribution in [3.05, 3.63) is 28.5 Å². The zero-order valence-corrected chi connectivity index (χ0v) is 8.84. The maximum absolute atomic E-state index is 13.2. The van der Waals surface area contributed by atoms with E-state index < -0.39 is 19.8 Å². The second-order valence-electron chi connectivity index (χ2n) is 2.45. The molecule has 6 heteroatoms. The van der Waals surface area contributed by atoms with E-state index in [1.165, 1.54) is 19.1 Å². The smallest absolute Gasteiger partial charge is 0.207 e. The maximum Gasteiger partial charge on any atom is 0.264 e. The molecule has 1 rings (SSSR count). The number of rotatable bonds is 1.